The Morgan fingerprint density at radius 1 is 0.409 bits per heavy atom. The molecule has 2 aliphatic rings. The minimum atomic E-state index is -2.04. The van der Waals surface area contributed by atoms with Gasteiger partial charge in [-0.15, -0.1) is 0 Å². The van der Waals surface area contributed by atoms with E-state index in [1.165, 1.54) is 0 Å². The summed E-state index contributed by atoms with van der Waals surface area (Å²) in [4.78, 5) is 0. The average molecular weight is 546 g/mol. The topological polar surface area (TPSA) is 0 Å². The van der Waals surface area contributed by atoms with Crippen molar-refractivity contribution in [2.75, 3.05) is 0 Å². The van der Waals surface area contributed by atoms with Crippen LogP contribution in [0.5, 0.6) is 0 Å². The molecule has 0 saturated carbocycles. The Morgan fingerprint density at radius 3 is 0.773 bits per heavy atom. The van der Waals surface area contributed by atoms with Gasteiger partial charge in [-0.05, 0) is 0 Å². The molecule has 12 heteroatoms. The fourth-order valence-corrected chi connectivity index (χ4v) is 5.59. The molecule has 0 aromatic rings. The minimum Gasteiger partial charge on any atom is -0.0924 e. The summed E-state index contributed by atoms with van der Waals surface area (Å²) in [6.45, 7) is 0. The van der Waals surface area contributed by atoms with Crippen LogP contribution in [0.3, 0.4) is 0 Å². The standard InChI is InChI=1S/C10Cl12/c11-3-1(7(15,16)9(19,20)5(3)13)2-4(12)6(14)10(21,22)8(2,17)18. The molecule has 0 nitrogen and oxygen atoms in total. The van der Waals surface area contributed by atoms with Gasteiger partial charge in [0.2, 0.25) is 0 Å². The van der Waals surface area contributed by atoms with Crippen LogP contribution < -0.4 is 0 Å². The molecule has 0 fully saturated rings. The number of alkyl halides is 8. The van der Waals surface area contributed by atoms with Crippen molar-refractivity contribution in [2.24, 2.45) is 0 Å². The zero-order valence-electron chi connectivity index (χ0n) is 9.54. The fourth-order valence-electron chi connectivity index (χ4n) is 1.89. The third-order valence-electron chi connectivity index (χ3n) is 3.04. The van der Waals surface area contributed by atoms with E-state index in [-0.39, 0.29) is 31.3 Å². The van der Waals surface area contributed by atoms with E-state index in [2.05, 4.69) is 0 Å². The third-order valence-corrected chi connectivity index (χ3v) is 9.88. The first-order chi connectivity index (χ1) is 9.63. The van der Waals surface area contributed by atoms with Gasteiger partial charge < -0.3 is 0 Å². The summed E-state index contributed by atoms with van der Waals surface area (Å²) in [5.41, 5.74) is -0.271. The van der Waals surface area contributed by atoms with Gasteiger partial charge in [0.15, 0.2) is 17.3 Å². The number of rotatable bonds is 0. The van der Waals surface area contributed by atoms with Gasteiger partial charge in [0.25, 0.3) is 0 Å². The van der Waals surface area contributed by atoms with Gasteiger partial charge in [0.1, 0.15) is 0 Å². The Kier molecular flexibility index (Phi) is 5.84. The third kappa shape index (κ3) is 2.55. The van der Waals surface area contributed by atoms with E-state index in [9.17, 15) is 0 Å². The van der Waals surface area contributed by atoms with E-state index in [1.807, 2.05) is 0 Å². The molecule has 0 bridgehead atoms. The van der Waals surface area contributed by atoms with Crippen LogP contribution >= 0.6 is 139 Å². The summed E-state index contributed by atoms with van der Waals surface area (Å²) in [7, 11) is 0. The summed E-state index contributed by atoms with van der Waals surface area (Å²) in [6, 6.07) is 0. The summed E-state index contributed by atoms with van der Waals surface area (Å²) < 4.78 is -8.04. The smallest absolute Gasteiger partial charge is 0.0924 e. The highest BCUT2D eigenvalue weighted by molar-refractivity contribution is 6.73. The highest BCUT2D eigenvalue weighted by Gasteiger charge is 2.66. The molecule has 0 aromatic carbocycles. The average Bonchev–Trinajstić information content (AvgIpc) is 2.56. The Hall–Kier alpha value is 2.70. The first-order valence-corrected chi connectivity index (χ1v) is 9.55. The second-order valence-corrected chi connectivity index (χ2v) is 11.1. The van der Waals surface area contributed by atoms with Gasteiger partial charge in [-0.3, -0.25) is 0 Å². The zero-order chi connectivity index (χ0) is 17.5. The predicted molar refractivity (Wildman–Crippen MR) is 102 cm³/mol. The van der Waals surface area contributed by atoms with Gasteiger partial charge in [-0.2, -0.15) is 0 Å². The van der Waals surface area contributed by atoms with Gasteiger partial charge in [-0.25, -0.2) is 0 Å². The molecule has 0 aliphatic heterocycles. The summed E-state index contributed by atoms with van der Waals surface area (Å²) >= 11 is 73.5. The normalized spacial score (nSPS) is 32.2. The van der Waals surface area contributed by atoms with Crippen LogP contribution in [0.4, 0.5) is 0 Å². The van der Waals surface area contributed by atoms with Crippen LogP contribution in [0.2, 0.25) is 0 Å². The largest absolute Gasteiger partial charge is 0.191 e. The molecule has 2 rings (SSSR count). The first-order valence-electron chi connectivity index (χ1n) is 5.02. The summed E-state index contributed by atoms with van der Waals surface area (Å²) in [5, 5.41) is -0.857. The minimum absolute atomic E-state index is 0.135. The molecule has 0 amide bonds. The van der Waals surface area contributed by atoms with Crippen molar-refractivity contribution >= 4 is 139 Å². The molecular weight excluding hydrogens is 546 g/mol. The second kappa shape index (κ2) is 6.11. The summed E-state index contributed by atoms with van der Waals surface area (Å²) in [5.74, 6) is 0. The number of halogens is 12. The van der Waals surface area contributed by atoms with E-state index >= 15 is 0 Å². The van der Waals surface area contributed by atoms with Crippen LogP contribution in [-0.4, -0.2) is 17.3 Å². The molecule has 0 aromatic heterocycles. The molecule has 0 radical (unpaired) electrons. The maximum Gasteiger partial charge on any atom is 0.191 e. The maximum atomic E-state index is 6.23. The van der Waals surface area contributed by atoms with Gasteiger partial charge >= 0.3 is 0 Å². The quantitative estimate of drug-likeness (QED) is 0.268. The maximum absolute atomic E-state index is 6.23. The van der Waals surface area contributed by atoms with Gasteiger partial charge in [0.05, 0.1) is 20.1 Å². The molecule has 124 valence electrons. The summed E-state index contributed by atoms with van der Waals surface area (Å²) in [6.07, 6.45) is 0. The molecule has 0 unspecified atom stereocenters. The van der Waals surface area contributed by atoms with Crippen molar-refractivity contribution in [2.45, 2.75) is 17.3 Å². The van der Waals surface area contributed by atoms with Crippen molar-refractivity contribution in [1.82, 2.24) is 0 Å². The van der Waals surface area contributed by atoms with E-state index < -0.39 is 17.3 Å². The molecule has 0 N–H and O–H groups in total. The van der Waals surface area contributed by atoms with E-state index in [0.29, 0.717) is 0 Å². The molecule has 0 saturated heterocycles. The van der Waals surface area contributed by atoms with Gasteiger partial charge in [-0.1, -0.05) is 139 Å². The molecule has 22 heavy (non-hydrogen) atoms. The van der Waals surface area contributed by atoms with Crippen molar-refractivity contribution in [1.29, 1.82) is 0 Å². The van der Waals surface area contributed by atoms with E-state index in [4.69, 9.17) is 139 Å². The van der Waals surface area contributed by atoms with Crippen molar-refractivity contribution in [3.8, 4) is 0 Å². The Labute approximate surface area is 186 Å². The van der Waals surface area contributed by atoms with Crippen LogP contribution in [-0.2, 0) is 0 Å². The molecule has 2 aliphatic carbocycles. The highest BCUT2D eigenvalue weighted by Crippen LogP contribution is 2.69. The zero-order valence-corrected chi connectivity index (χ0v) is 18.6. The lowest BCUT2D eigenvalue weighted by molar-refractivity contribution is 0.853. The van der Waals surface area contributed by atoms with Crippen LogP contribution in [0.1, 0.15) is 0 Å². The van der Waals surface area contributed by atoms with Crippen molar-refractivity contribution in [3.05, 3.63) is 31.3 Å². The van der Waals surface area contributed by atoms with E-state index in [0.717, 1.165) is 0 Å². The Balaban J connectivity index is 2.93. The second-order valence-electron chi connectivity index (χ2n) is 4.30. The highest BCUT2D eigenvalue weighted by atomic mass is 35.6. The van der Waals surface area contributed by atoms with Crippen molar-refractivity contribution < 1.29 is 0 Å². The van der Waals surface area contributed by atoms with Crippen LogP contribution in [0.15, 0.2) is 31.3 Å². The number of hydrogen-bond donors (Lipinski definition) is 0. The lowest BCUT2D eigenvalue weighted by Crippen LogP contribution is -2.38. The van der Waals surface area contributed by atoms with Crippen LogP contribution in [0, 0.1) is 0 Å². The number of hydrogen-bond acceptors (Lipinski definition) is 0. The SMILES string of the molecule is ClC1=C(Cl)C(Cl)(Cl)C(Cl)(Cl)C1=C1C(Cl)=C(Cl)C(Cl)(Cl)C1(Cl)Cl. The Bertz CT molecular complexity index is 591. The Morgan fingerprint density at radius 2 is 0.636 bits per heavy atom. The first kappa shape index (κ1) is 21.0. The lowest BCUT2D eigenvalue weighted by atomic mass is 10.0. The molecule has 0 spiro atoms. The lowest BCUT2D eigenvalue weighted by Gasteiger charge is -2.32. The molecular formula is C10Cl12. The molecule has 0 atom stereocenters. The monoisotopic (exact) mass is 540 g/mol. The number of allylic oxidation sites excluding steroid dienone is 6. The van der Waals surface area contributed by atoms with Gasteiger partial charge in [0, 0.05) is 11.1 Å². The van der Waals surface area contributed by atoms with Crippen LogP contribution in [0.25, 0.3) is 0 Å². The van der Waals surface area contributed by atoms with E-state index in [1.54, 1.807) is 0 Å². The molecule has 0 heterocycles. The fraction of sp³-hybridized carbons (Fsp3) is 0.400. The predicted octanol–water partition coefficient (Wildman–Crippen LogP) is 8.38. The van der Waals surface area contributed by atoms with Crippen molar-refractivity contribution in [3.63, 3.8) is 0 Å².